The minimum atomic E-state index is -3.20. The zero-order valence-corrected chi connectivity index (χ0v) is 31.6. The molecule has 0 aliphatic carbocycles. The molecule has 1 aromatic carbocycles. The van der Waals surface area contributed by atoms with Gasteiger partial charge in [0.15, 0.2) is 8.32 Å². The number of aromatic nitrogens is 6. The van der Waals surface area contributed by atoms with Crippen molar-refractivity contribution in [3.63, 3.8) is 0 Å². The van der Waals surface area contributed by atoms with E-state index in [0.717, 1.165) is 5.56 Å². The first-order valence-electron chi connectivity index (χ1n) is 17.2. The van der Waals surface area contributed by atoms with Crippen molar-refractivity contribution in [2.24, 2.45) is 7.05 Å². The van der Waals surface area contributed by atoms with E-state index in [1.54, 1.807) is 18.3 Å². The van der Waals surface area contributed by atoms with Crippen molar-refractivity contribution < 1.29 is 41.0 Å². The fraction of sp³-hybridized carbons (Fsp3) is 0.444. The monoisotopic (exact) mass is 757 g/mol. The SMILES string of the molecule is C[C@H](COC(=O)N[C@@H]1COc2c(-c3nc4n(Cc5ccccc5)cccc-4c3-c3cn(C)nc3OC(F)F)c(C(F)F)nn2C1)O[Si](C)(C)C(C)(C)C. The molecule has 5 heterocycles. The Kier molecular flexibility index (Phi) is 10.6. The largest absolute Gasteiger partial charge is 0.475 e. The summed E-state index contributed by atoms with van der Waals surface area (Å²) in [6, 6.07) is 12.4. The number of benzene rings is 1. The van der Waals surface area contributed by atoms with Gasteiger partial charge in [0.2, 0.25) is 11.8 Å². The Morgan fingerprint density at radius 3 is 2.47 bits per heavy atom. The molecule has 0 saturated heterocycles. The minimum absolute atomic E-state index is 0.0120. The molecular weight excluding hydrogens is 715 g/mol. The molecule has 12 nitrogen and oxygen atoms in total. The number of fused-ring (bicyclic) bond motifs is 2. The number of rotatable bonds is 12. The lowest BCUT2D eigenvalue weighted by Gasteiger charge is -2.38. The maximum atomic E-state index is 14.9. The highest BCUT2D eigenvalue weighted by Crippen LogP contribution is 2.50. The third-order valence-electron chi connectivity index (χ3n) is 9.49. The van der Waals surface area contributed by atoms with Crippen molar-refractivity contribution in [1.29, 1.82) is 0 Å². The second kappa shape index (κ2) is 14.8. The Balaban J connectivity index is 1.34. The molecule has 0 bridgehead atoms. The number of carbonyl (C=O) groups is 1. The van der Waals surface area contributed by atoms with E-state index in [1.807, 2.05) is 41.8 Å². The number of nitrogens with one attached hydrogen (secondary N) is 1. The molecular formula is C36H43F4N7O5Si. The van der Waals surface area contributed by atoms with Crippen molar-refractivity contribution in [3.05, 3.63) is 66.1 Å². The lowest BCUT2D eigenvalue weighted by Crippen LogP contribution is -2.47. The fourth-order valence-corrected chi connectivity index (χ4v) is 7.50. The fourth-order valence-electron chi connectivity index (χ4n) is 6.08. The van der Waals surface area contributed by atoms with E-state index in [9.17, 15) is 22.4 Å². The molecule has 2 atom stereocenters. The van der Waals surface area contributed by atoms with Crippen LogP contribution in [0.25, 0.3) is 33.8 Å². The Morgan fingerprint density at radius 1 is 1.06 bits per heavy atom. The quantitative estimate of drug-likeness (QED) is 0.102. The van der Waals surface area contributed by atoms with Crippen LogP contribution in [0.3, 0.4) is 0 Å². The molecule has 0 unspecified atom stereocenters. The third-order valence-corrected chi connectivity index (χ3v) is 14.1. The number of hydrogen-bond acceptors (Lipinski definition) is 8. The second-order valence-corrected chi connectivity index (χ2v) is 19.3. The summed E-state index contributed by atoms with van der Waals surface area (Å²) < 4.78 is 83.9. The Hall–Kier alpha value is -4.90. The summed E-state index contributed by atoms with van der Waals surface area (Å²) in [7, 11) is -0.553. The molecule has 0 spiro atoms. The number of halogens is 4. The van der Waals surface area contributed by atoms with Crippen LogP contribution >= 0.6 is 0 Å². The van der Waals surface area contributed by atoms with Crippen LogP contribution in [-0.4, -0.2) is 75.5 Å². The molecule has 2 aromatic heterocycles. The average Bonchev–Trinajstić information content (AvgIpc) is 3.75. The maximum absolute atomic E-state index is 14.9. The number of amides is 1. The number of hydrogen-bond donors (Lipinski definition) is 1. The van der Waals surface area contributed by atoms with Crippen molar-refractivity contribution in [3.8, 4) is 45.5 Å². The Labute approximate surface area is 305 Å². The number of alkyl halides is 4. The van der Waals surface area contributed by atoms with Crippen molar-refractivity contribution in [2.75, 3.05) is 13.2 Å². The highest BCUT2D eigenvalue weighted by molar-refractivity contribution is 6.74. The summed E-state index contributed by atoms with van der Waals surface area (Å²) in [5.74, 6) is -0.0101. The van der Waals surface area contributed by atoms with Gasteiger partial charge in [-0.15, -0.1) is 5.10 Å². The van der Waals surface area contributed by atoms with E-state index in [2.05, 4.69) is 49.4 Å². The number of carbonyl (C=O) groups excluding carboxylic acids is 1. The van der Waals surface area contributed by atoms with Gasteiger partial charge in [-0.25, -0.2) is 23.2 Å². The van der Waals surface area contributed by atoms with Gasteiger partial charge in [-0.1, -0.05) is 51.1 Å². The van der Waals surface area contributed by atoms with Crippen LogP contribution in [0.15, 0.2) is 54.9 Å². The molecule has 0 radical (unpaired) electrons. The molecule has 3 aromatic rings. The first-order chi connectivity index (χ1) is 25.0. The summed E-state index contributed by atoms with van der Waals surface area (Å²) >= 11 is 0. The number of ether oxygens (including phenoxy) is 3. The molecule has 3 aliphatic heterocycles. The molecule has 3 aliphatic rings. The highest BCUT2D eigenvalue weighted by Gasteiger charge is 2.39. The smallest absolute Gasteiger partial charge is 0.407 e. The van der Waals surface area contributed by atoms with E-state index in [-0.39, 0.29) is 59.2 Å². The van der Waals surface area contributed by atoms with Gasteiger partial charge < -0.3 is 28.5 Å². The summed E-state index contributed by atoms with van der Waals surface area (Å²) in [6.45, 7) is 9.52. The van der Waals surface area contributed by atoms with Crippen LogP contribution in [0, 0.1) is 0 Å². The number of pyridine rings is 1. The third kappa shape index (κ3) is 8.05. The highest BCUT2D eigenvalue weighted by atomic mass is 28.4. The Bertz CT molecular complexity index is 2030. The van der Waals surface area contributed by atoms with E-state index < -0.39 is 45.1 Å². The number of aryl methyl sites for hydroxylation is 1. The van der Waals surface area contributed by atoms with E-state index >= 15 is 0 Å². The van der Waals surface area contributed by atoms with E-state index in [0.29, 0.717) is 17.9 Å². The first kappa shape index (κ1) is 37.8. The van der Waals surface area contributed by atoms with Crippen LogP contribution in [0.4, 0.5) is 22.4 Å². The van der Waals surface area contributed by atoms with Crippen LogP contribution < -0.4 is 14.8 Å². The summed E-state index contributed by atoms with van der Waals surface area (Å²) in [5, 5.41) is 11.0. The predicted octanol–water partition coefficient (Wildman–Crippen LogP) is 7.74. The normalized spacial score (nSPS) is 15.5. The molecule has 1 amide bonds. The molecule has 284 valence electrons. The molecule has 1 N–H and O–H groups in total. The standard InChI is InChI=1S/C36H43F4N7O5Si/c1-21(52-53(6,7)36(2,3)4)19-50-35(48)41-23-17-47-33(49-20-23)27(29(43-47)30(37)38)28-26(25-18-45(5)44-32(25)51-34(39)40)24-14-11-15-46(31(24)42-28)16-22-12-9-8-10-13-22/h8-15,18,21,23,30,34H,16-17,19-20H2,1-7H3,(H,41,48)/t21-,23+/m1/s1. The van der Waals surface area contributed by atoms with Gasteiger partial charge in [0.05, 0.1) is 35.5 Å². The lowest BCUT2D eigenvalue weighted by atomic mass is 9.98. The zero-order chi connectivity index (χ0) is 38.2. The number of alkyl carbamates (subject to hydrolysis) is 1. The minimum Gasteiger partial charge on any atom is -0.475 e. The lowest BCUT2D eigenvalue weighted by molar-refractivity contribution is -0.0527. The summed E-state index contributed by atoms with van der Waals surface area (Å²) in [6.07, 6.45) is -0.859. The predicted molar refractivity (Wildman–Crippen MR) is 191 cm³/mol. The van der Waals surface area contributed by atoms with Crippen LogP contribution in [0.2, 0.25) is 18.1 Å². The van der Waals surface area contributed by atoms with Crippen molar-refractivity contribution >= 4 is 14.4 Å². The van der Waals surface area contributed by atoms with Gasteiger partial charge in [-0.2, -0.15) is 13.9 Å². The number of nitrogens with zero attached hydrogens (tertiary/aromatic N) is 6. The maximum Gasteiger partial charge on any atom is 0.407 e. The molecule has 53 heavy (non-hydrogen) atoms. The Morgan fingerprint density at radius 2 is 1.79 bits per heavy atom. The molecule has 17 heteroatoms. The zero-order valence-electron chi connectivity index (χ0n) is 30.6. The van der Waals surface area contributed by atoms with Crippen LogP contribution in [0.1, 0.15) is 45.4 Å². The summed E-state index contributed by atoms with van der Waals surface area (Å²) in [4.78, 5) is 17.7. The van der Waals surface area contributed by atoms with Crippen molar-refractivity contribution in [2.45, 2.75) is 84.1 Å². The van der Waals surface area contributed by atoms with Gasteiger partial charge in [0.25, 0.3) is 6.43 Å². The van der Waals surface area contributed by atoms with Gasteiger partial charge in [-0.05, 0) is 42.8 Å². The molecule has 0 fully saturated rings. The summed E-state index contributed by atoms with van der Waals surface area (Å²) in [5.41, 5.74) is 1.08. The van der Waals surface area contributed by atoms with Gasteiger partial charge in [-0.3, -0.25) is 4.68 Å². The molecule has 0 saturated carbocycles. The topological polar surface area (TPSA) is 119 Å². The van der Waals surface area contributed by atoms with Crippen LogP contribution in [0.5, 0.6) is 11.8 Å². The van der Waals surface area contributed by atoms with E-state index in [1.165, 1.54) is 22.6 Å². The second-order valence-electron chi connectivity index (χ2n) is 14.6. The van der Waals surface area contributed by atoms with Crippen molar-refractivity contribution in [1.82, 2.24) is 34.4 Å². The van der Waals surface area contributed by atoms with Gasteiger partial charge in [0, 0.05) is 37.1 Å². The van der Waals surface area contributed by atoms with Gasteiger partial charge in [0.1, 0.15) is 24.7 Å². The van der Waals surface area contributed by atoms with E-state index in [4.69, 9.17) is 23.6 Å². The molecule has 6 rings (SSSR count). The first-order valence-corrected chi connectivity index (χ1v) is 20.1. The average molecular weight is 758 g/mol. The van der Waals surface area contributed by atoms with Gasteiger partial charge >= 0.3 is 12.7 Å². The van der Waals surface area contributed by atoms with Crippen LogP contribution in [-0.2, 0) is 29.3 Å².